The number of aliphatic hydroxyl groups is 1. The summed E-state index contributed by atoms with van der Waals surface area (Å²) in [6.07, 6.45) is 4.43. The molecule has 0 bridgehead atoms. The first-order chi connectivity index (χ1) is 8.55. The number of hydrogen-bond donors (Lipinski definition) is 1. The second-order valence-corrected chi connectivity index (χ2v) is 7.94. The van der Waals surface area contributed by atoms with Gasteiger partial charge in [-0.2, -0.15) is 4.31 Å². The third-order valence-electron chi connectivity index (χ3n) is 3.05. The Morgan fingerprint density at radius 3 is 2.94 bits per heavy atom. The maximum absolute atomic E-state index is 12.4. The fourth-order valence-electron chi connectivity index (χ4n) is 2.20. The van der Waals surface area contributed by atoms with Crippen molar-refractivity contribution in [1.29, 1.82) is 0 Å². The molecule has 1 atom stereocenters. The number of sulfonamides is 1. The van der Waals surface area contributed by atoms with Crippen LogP contribution in [0.3, 0.4) is 0 Å². The van der Waals surface area contributed by atoms with E-state index in [1.165, 1.54) is 10.5 Å². The Morgan fingerprint density at radius 1 is 1.56 bits per heavy atom. The maximum Gasteiger partial charge on any atom is 0.254 e. The SMILES string of the molecule is O=S(=O)(c1cnc(Cl)s1)N1CCCCC1CCO. The summed E-state index contributed by atoms with van der Waals surface area (Å²) in [5.74, 6) is 0. The molecule has 102 valence electrons. The topological polar surface area (TPSA) is 70.5 Å². The Kier molecular flexibility index (Phi) is 4.60. The van der Waals surface area contributed by atoms with Gasteiger partial charge in [-0.05, 0) is 19.3 Å². The Labute approximate surface area is 115 Å². The molecule has 1 fully saturated rings. The second kappa shape index (κ2) is 5.83. The van der Waals surface area contributed by atoms with Crippen molar-refractivity contribution in [2.24, 2.45) is 0 Å². The van der Waals surface area contributed by atoms with Crippen molar-refractivity contribution in [1.82, 2.24) is 9.29 Å². The van der Waals surface area contributed by atoms with Crippen molar-refractivity contribution in [2.45, 2.75) is 35.9 Å². The number of thiazole rings is 1. The normalized spacial score (nSPS) is 22.2. The van der Waals surface area contributed by atoms with E-state index < -0.39 is 10.0 Å². The summed E-state index contributed by atoms with van der Waals surface area (Å²) in [5, 5.41) is 9.02. The molecule has 0 amide bonds. The summed E-state index contributed by atoms with van der Waals surface area (Å²) in [6, 6.07) is -0.116. The molecule has 1 saturated heterocycles. The molecule has 0 aromatic carbocycles. The molecule has 2 rings (SSSR count). The average molecular weight is 311 g/mol. The zero-order valence-corrected chi connectivity index (χ0v) is 12.1. The third kappa shape index (κ3) is 2.85. The number of halogens is 1. The van der Waals surface area contributed by atoms with Crippen LogP contribution >= 0.6 is 22.9 Å². The van der Waals surface area contributed by atoms with Crippen LogP contribution in [0.25, 0.3) is 0 Å². The molecule has 1 N–H and O–H groups in total. The highest BCUT2D eigenvalue weighted by Crippen LogP contribution is 2.30. The van der Waals surface area contributed by atoms with Gasteiger partial charge in [-0.1, -0.05) is 29.4 Å². The molecule has 2 heterocycles. The summed E-state index contributed by atoms with van der Waals surface area (Å²) in [6.45, 7) is 0.503. The maximum atomic E-state index is 12.4. The van der Waals surface area contributed by atoms with E-state index in [1.54, 1.807) is 0 Å². The molecule has 0 spiro atoms. The predicted octanol–water partition coefficient (Wildman–Crippen LogP) is 1.72. The van der Waals surface area contributed by atoms with Crippen LogP contribution in [0, 0.1) is 0 Å². The standard InChI is InChI=1S/C10H15ClN2O3S2/c11-10-12-7-9(17-10)18(15,16)13-5-2-1-3-8(13)4-6-14/h7-8,14H,1-6H2. The molecule has 1 aromatic heterocycles. The Morgan fingerprint density at radius 2 is 2.33 bits per heavy atom. The van der Waals surface area contributed by atoms with Crippen molar-refractivity contribution in [3.63, 3.8) is 0 Å². The number of rotatable bonds is 4. The Bertz CT molecular complexity index is 501. The molecular formula is C10H15ClN2O3S2. The Balaban J connectivity index is 2.27. The number of aromatic nitrogens is 1. The molecule has 8 heteroatoms. The lowest BCUT2D eigenvalue weighted by Crippen LogP contribution is -2.43. The molecular weight excluding hydrogens is 296 g/mol. The van der Waals surface area contributed by atoms with Gasteiger partial charge in [0, 0.05) is 19.2 Å². The van der Waals surface area contributed by atoms with Gasteiger partial charge in [0.15, 0.2) is 8.68 Å². The summed E-state index contributed by atoms with van der Waals surface area (Å²) in [7, 11) is -3.52. The van der Waals surface area contributed by atoms with Crippen LogP contribution in [0.4, 0.5) is 0 Å². The van der Waals surface area contributed by atoms with E-state index in [4.69, 9.17) is 16.7 Å². The average Bonchev–Trinajstić information content (AvgIpc) is 2.78. The van der Waals surface area contributed by atoms with Gasteiger partial charge in [0.2, 0.25) is 0 Å². The van der Waals surface area contributed by atoms with Gasteiger partial charge >= 0.3 is 0 Å². The van der Waals surface area contributed by atoms with Crippen molar-refractivity contribution in [3.05, 3.63) is 10.7 Å². The summed E-state index contributed by atoms with van der Waals surface area (Å²) >= 11 is 6.66. The smallest absolute Gasteiger partial charge is 0.254 e. The minimum absolute atomic E-state index is 0.000132. The van der Waals surface area contributed by atoms with Crippen LogP contribution in [0.5, 0.6) is 0 Å². The van der Waals surface area contributed by atoms with Crippen LogP contribution in [0.15, 0.2) is 10.4 Å². The van der Waals surface area contributed by atoms with E-state index >= 15 is 0 Å². The minimum Gasteiger partial charge on any atom is -0.396 e. The molecule has 1 aromatic rings. The first-order valence-electron chi connectivity index (χ1n) is 5.79. The van der Waals surface area contributed by atoms with E-state index in [1.807, 2.05) is 0 Å². The van der Waals surface area contributed by atoms with Gasteiger partial charge in [0.25, 0.3) is 10.0 Å². The lowest BCUT2D eigenvalue weighted by molar-refractivity contribution is 0.193. The van der Waals surface area contributed by atoms with Gasteiger partial charge < -0.3 is 5.11 Å². The van der Waals surface area contributed by atoms with Crippen molar-refractivity contribution >= 4 is 33.0 Å². The van der Waals surface area contributed by atoms with Gasteiger partial charge in [0.05, 0.1) is 6.20 Å². The van der Waals surface area contributed by atoms with E-state index in [9.17, 15) is 8.42 Å². The van der Waals surface area contributed by atoms with Crippen LogP contribution in [0.1, 0.15) is 25.7 Å². The highest BCUT2D eigenvalue weighted by Gasteiger charge is 2.34. The quantitative estimate of drug-likeness (QED) is 0.919. The Hall–Kier alpha value is -0.210. The van der Waals surface area contributed by atoms with E-state index in [0.29, 0.717) is 13.0 Å². The van der Waals surface area contributed by atoms with Gasteiger partial charge in [0.1, 0.15) is 0 Å². The lowest BCUT2D eigenvalue weighted by Gasteiger charge is -2.33. The molecule has 0 saturated carbocycles. The van der Waals surface area contributed by atoms with Crippen LogP contribution in [-0.4, -0.2) is 42.0 Å². The highest BCUT2D eigenvalue weighted by molar-refractivity contribution is 7.91. The third-order valence-corrected chi connectivity index (χ3v) is 6.56. The number of nitrogens with zero attached hydrogens (tertiary/aromatic N) is 2. The first kappa shape index (κ1) is 14.2. The molecule has 1 aliphatic heterocycles. The summed E-state index contributed by atoms with van der Waals surface area (Å²) < 4.78 is 26.8. The monoisotopic (exact) mass is 310 g/mol. The van der Waals surface area contributed by atoms with Crippen molar-refractivity contribution in [3.8, 4) is 0 Å². The summed E-state index contributed by atoms with van der Waals surface area (Å²) in [5.41, 5.74) is 0. The zero-order chi connectivity index (χ0) is 13.2. The highest BCUT2D eigenvalue weighted by atomic mass is 35.5. The van der Waals surface area contributed by atoms with Crippen molar-refractivity contribution < 1.29 is 13.5 Å². The predicted molar refractivity (Wildman–Crippen MR) is 70.4 cm³/mol. The minimum atomic E-state index is -3.52. The van der Waals surface area contributed by atoms with E-state index in [0.717, 1.165) is 30.6 Å². The molecule has 0 radical (unpaired) electrons. The molecule has 1 aliphatic rings. The van der Waals surface area contributed by atoms with Crippen LogP contribution in [-0.2, 0) is 10.0 Å². The molecule has 5 nitrogen and oxygen atoms in total. The second-order valence-electron chi connectivity index (χ2n) is 4.21. The molecule has 1 unspecified atom stereocenters. The fourth-order valence-corrected chi connectivity index (χ4v) is 5.35. The zero-order valence-electron chi connectivity index (χ0n) is 9.75. The number of hydrogen-bond acceptors (Lipinski definition) is 5. The lowest BCUT2D eigenvalue weighted by atomic mass is 10.0. The van der Waals surface area contributed by atoms with Gasteiger partial charge in [-0.15, -0.1) is 0 Å². The number of piperidine rings is 1. The first-order valence-corrected chi connectivity index (χ1v) is 8.43. The summed E-state index contributed by atoms with van der Waals surface area (Å²) in [4.78, 5) is 3.78. The van der Waals surface area contributed by atoms with Gasteiger partial charge in [-0.3, -0.25) is 0 Å². The van der Waals surface area contributed by atoms with Crippen LogP contribution in [0.2, 0.25) is 4.47 Å². The van der Waals surface area contributed by atoms with E-state index in [2.05, 4.69) is 4.98 Å². The molecule has 18 heavy (non-hydrogen) atoms. The fraction of sp³-hybridized carbons (Fsp3) is 0.700. The van der Waals surface area contributed by atoms with E-state index in [-0.39, 0.29) is 21.3 Å². The van der Waals surface area contributed by atoms with Crippen LogP contribution < -0.4 is 0 Å². The van der Waals surface area contributed by atoms with Crippen molar-refractivity contribution in [2.75, 3.05) is 13.2 Å². The largest absolute Gasteiger partial charge is 0.396 e. The van der Waals surface area contributed by atoms with Gasteiger partial charge in [-0.25, -0.2) is 13.4 Å². The number of aliphatic hydroxyl groups excluding tert-OH is 1. The molecule has 0 aliphatic carbocycles.